The number of hydrogen-bond acceptors (Lipinski definition) is 4. The number of fused-ring (bicyclic) bond motifs is 14. The van der Waals surface area contributed by atoms with Crippen molar-refractivity contribution in [3.63, 3.8) is 0 Å². The zero-order valence-corrected chi connectivity index (χ0v) is 30.1. The second-order valence-corrected chi connectivity index (χ2v) is 14.9. The van der Waals surface area contributed by atoms with Crippen LogP contribution in [0.25, 0.3) is 83.4 Å². The van der Waals surface area contributed by atoms with Gasteiger partial charge in [0.25, 0.3) is 0 Å². The van der Waals surface area contributed by atoms with E-state index in [9.17, 15) is 5.11 Å². The summed E-state index contributed by atoms with van der Waals surface area (Å²) >= 11 is 0. The van der Waals surface area contributed by atoms with Gasteiger partial charge in [-0.3, -0.25) is 0 Å². The predicted octanol–water partition coefficient (Wildman–Crippen LogP) is 10.3. The first-order valence-electron chi connectivity index (χ1n) is 19.0. The van der Waals surface area contributed by atoms with Gasteiger partial charge in [0.05, 0.1) is 5.41 Å². The molecule has 1 heterocycles. The lowest BCUT2D eigenvalue weighted by atomic mass is 9.66. The minimum absolute atomic E-state index is 0.267. The molecule has 0 aliphatic heterocycles. The SMILES string of the molecule is Oc1ccc2c(c1)c1ccccc1c1cc3c(cc21)=C1C(=CC(c2nc(-c4ccccc4)nc(-c4ccccc4)n2)=CC12c1ccccc1-c1ccccc12)C=3. The highest BCUT2D eigenvalue weighted by Crippen LogP contribution is 2.58. The third-order valence-corrected chi connectivity index (χ3v) is 11.9. The van der Waals surface area contributed by atoms with E-state index in [0.29, 0.717) is 17.5 Å². The number of benzene rings is 8. The molecule has 0 bridgehead atoms. The van der Waals surface area contributed by atoms with Crippen LogP contribution in [0.3, 0.4) is 0 Å². The molecular formula is C52H31N3O. The smallest absolute Gasteiger partial charge is 0.164 e. The van der Waals surface area contributed by atoms with Gasteiger partial charge in [-0.2, -0.15) is 0 Å². The summed E-state index contributed by atoms with van der Waals surface area (Å²) in [5, 5.41) is 19.9. The van der Waals surface area contributed by atoms with Gasteiger partial charge in [-0.25, -0.2) is 15.0 Å². The van der Waals surface area contributed by atoms with Crippen LogP contribution in [0, 0.1) is 0 Å². The maximum Gasteiger partial charge on any atom is 0.164 e. The molecule has 0 amide bonds. The van der Waals surface area contributed by atoms with Crippen molar-refractivity contribution in [2.75, 3.05) is 0 Å². The number of hydrogen-bond donors (Lipinski definition) is 1. The van der Waals surface area contributed by atoms with E-state index < -0.39 is 5.41 Å². The summed E-state index contributed by atoms with van der Waals surface area (Å²) in [4.78, 5) is 15.5. The molecule has 0 radical (unpaired) electrons. The van der Waals surface area contributed by atoms with Crippen LogP contribution in [0.5, 0.6) is 5.75 Å². The molecule has 8 aromatic carbocycles. The van der Waals surface area contributed by atoms with Crippen LogP contribution in [0.4, 0.5) is 0 Å². The Morgan fingerprint density at radius 3 is 1.57 bits per heavy atom. The molecule has 0 fully saturated rings. The van der Waals surface area contributed by atoms with Crippen LogP contribution in [-0.4, -0.2) is 20.1 Å². The summed E-state index contributed by atoms with van der Waals surface area (Å²) in [5.41, 5.74) is 9.57. The fourth-order valence-electron chi connectivity index (χ4n) is 9.56. The van der Waals surface area contributed by atoms with Crippen LogP contribution in [0.2, 0.25) is 0 Å². The first-order chi connectivity index (χ1) is 27.6. The van der Waals surface area contributed by atoms with Gasteiger partial charge < -0.3 is 5.11 Å². The van der Waals surface area contributed by atoms with Gasteiger partial charge >= 0.3 is 0 Å². The molecule has 0 saturated heterocycles. The van der Waals surface area contributed by atoms with Crippen LogP contribution >= 0.6 is 0 Å². The van der Waals surface area contributed by atoms with Crippen molar-refractivity contribution < 1.29 is 5.11 Å². The summed E-state index contributed by atoms with van der Waals surface area (Å²) in [6, 6.07) is 57.1. The lowest BCUT2D eigenvalue weighted by Crippen LogP contribution is -2.34. The molecule has 0 atom stereocenters. The van der Waals surface area contributed by atoms with E-state index in [1.807, 2.05) is 42.5 Å². The maximum atomic E-state index is 10.6. The molecule has 4 heteroatoms. The number of aromatic hydroxyl groups is 1. The van der Waals surface area contributed by atoms with Gasteiger partial charge in [0.2, 0.25) is 0 Å². The lowest BCUT2D eigenvalue weighted by molar-refractivity contribution is 0.476. The van der Waals surface area contributed by atoms with Crippen molar-refractivity contribution >= 4 is 49.5 Å². The van der Waals surface area contributed by atoms with Crippen molar-refractivity contribution in [2.45, 2.75) is 5.41 Å². The van der Waals surface area contributed by atoms with E-state index in [4.69, 9.17) is 15.0 Å². The number of phenols is 1. The molecule has 1 aromatic heterocycles. The molecule has 0 unspecified atom stereocenters. The summed E-state index contributed by atoms with van der Waals surface area (Å²) in [7, 11) is 0. The first kappa shape index (κ1) is 31.0. The Balaban J connectivity index is 1.21. The molecule has 1 N–H and O–H groups in total. The van der Waals surface area contributed by atoms with Crippen molar-refractivity contribution in [1.82, 2.24) is 15.0 Å². The molecule has 0 saturated carbocycles. The molecular weight excluding hydrogens is 683 g/mol. The minimum Gasteiger partial charge on any atom is -0.508 e. The second kappa shape index (κ2) is 11.5. The standard InChI is InChI=1S/C52H31N3O/c56-36-23-24-39-44(28-36)38-18-8-7-17-37(38)43-27-33-25-34-26-35(51-54-49(31-13-3-1-4-14-31)53-50(55-51)32-15-5-2-6-16-32)30-52(48(34)42(33)29-45(39)43)46-21-11-9-19-40(46)41-20-10-12-22-47(41)52/h1-30,56H. The number of rotatable bonds is 3. The van der Waals surface area contributed by atoms with Gasteiger partial charge in [-0.15, -0.1) is 0 Å². The van der Waals surface area contributed by atoms with Crippen LogP contribution in [-0.2, 0) is 5.41 Å². The predicted molar refractivity (Wildman–Crippen MR) is 227 cm³/mol. The summed E-state index contributed by atoms with van der Waals surface area (Å²) < 4.78 is 0. The summed E-state index contributed by atoms with van der Waals surface area (Å²) in [5.74, 6) is 2.18. The van der Waals surface area contributed by atoms with E-state index in [2.05, 4.69) is 133 Å². The van der Waals surface area contributed by atoms with Gasteiger partial charge in [0, 0.05) is 16.7 Å². The quantitative estimate of drug-likeness (QED) is 0.185. The monoisotopic (exact) mass is 713 g/mol. The number of phenolic OH excluding ortho intramolecular Hbond substituents is 1. The molecule has 9 aromatic rings. The van der Waals surface area contributed by atoms with Crippen molar-refractivity contribution in [3.05, 3.63) is 209 Å². The van der Waals surface area contributed by atoms with E-state index >= 15 is 0 Å². The third kappa shape index (κ3) is 4.32. The average Bonchev–Trinajstić information content (AvgIpc) is 3.76. The van der Waals surface area contributed by atoms with E-state index in [1.165, 1.54) is 54.4 Å². The molecule has 4 nitrogen and oxygen atoms in total. The van der Waals surface area contributed by atoms with E-state index in [-0.39, 0.29) is 5.75 Å². The van der Waals surface area contributed by atoms with Crippen molar-refractivity contribution in [3.8, 4) is 39.7 Å². The van der Waals surface area contributed by atoms with E-state index in [0.717, 1.165) is 38.4 Å². The Bertz CT molecular complexity index is 3260. The minimum atomic E-state index is -0.626. The number of aromatic nitrogens is 3. The molecule has 12 rings (SSSR count). The van der Waals surface area contributed by atoms with Gasteiger partial charge in [0.15, 0.2) is 17.5 Å². The van der Waals surface area contributed by atoms with Crippen LogP contribution in [0.15, 0.2) is 182 Å². The van der Waals surface area contributed by atoms with Crippen molar-refractivity contribution in [2.24, 2.45) is 0 Å². The molecule has 260 valence electrons. The Morgan fingerprint density at radius 2 is 0.929 bits per heavy atom. The molecule has 56 heavy (non-hydrogen) atoms. The fourth-order valence-corrected chi connectivity index (χ4v) is 9.56. The highest BCUT2D eigenvalue weighted by atomic mass is 16.3. The van der Waals surface area contributed by atoms with Gasteiger partial charge in [-0.1, -0.05) is 146 Å². The number of nitrogens with zero attached hydrogens (tertiary/aromatic N) is 3. The van der Waals surface area contributed by atoms with Crippen molar-refractivity contribution in [1.29, 1.82) is 0 Å². The highest BCUT2D eigenvalue weighted by Gasteiger charge is 2.48. The summed E-state index contributed by atoms with van der Waals surface area (Å²) in [6.45, 7) is 0. The maximum absolute atomic E-state index is 10.6. The molecule has 3 aliphatic carbocycles. The van der Waals surface area contributed by atoms with Crippen LogP contribution < -0.4 is 10.4 Å². The largest absolute Gasteiger partial charge is 0.508 e. The molecule has 3 aliphatic rings. The lowest BCUT2D eigenvalue weighted by Gasteiger charge is -2.35. The Hall–Kier alpha value is -7.43. The Morgan fingerprint density at radius 1 is 0.411 bits per heavy atom. The van der Waals surface area contributed by atoms with Crippen LogP contribution in [0.1, 0.15) is 17.0 Å². The third-order valence-electron chi connectivity index (χ3n) is 11.9. The molecule has 1 spiro atoms. The Kier molecular flexibility index (Phi) is 6.38. The Labute approximate surface area is 322 Å². The second-order valence-electron chi connectivity index (χ2n) is 14.9. The first-order valence-corrected chi connectivity index (χ1v) is 19.0. The zero-order chi connectivity index (χ0) is 37.0. The number of allylic oxidation sites excluding steroid dienone is 4. The average molecular weight is 714 g/mol. The topological polar surface area (TPSA) is 58.9 Å². The fraction of sp³-hybridized carbons (Fsp3) is 0.0192. The van der Waals surface area contributed by atoms with E-state index in [1.54, 1.807) is 6.07 Å². The summed E-state index contributed by atoms with van der Waals surface area (Å²) in [6.07, 6.45) is 7.05. The van der Waals surface area contributed by atoms with Gasteiger partial charge in [-0.05, 0) is 113 Å². The normalized spacial score (nSPS) is 14.6. The zero-order valence-electron chi connectivity index (χ0n) is 30.1. The van der Waals surface area contributed by atoms with Gasteiger partial charge in [0.1, 0.15) is 5.75 Å². The highest BCUT2D eigenvalue weighted by molar-refractivity contribution is 6.25.